The second-order valence-electron chi connectivity index (χ2n) is 4.48. The van der Waals surface area contributed by atoms with Crippen LogP contribution in [0.15, 0.2) is 22.7 Å². The molecule has 1 aliphatic rings. The predicted octanol–water partition coefficient (Wildman–Crippen LogP) is 4.12. The summed E-state index contributed by atoms with van der Waals surface area (Å²) in [4.78, 5) is 12.2. The molecule has 94 valence electrons. The molecule has 0 heterocycles. The maximum Gasteiger partial charge on any atom is 0.244 e. The summed E-state index contributed by atoms with van der Waals surface area (Å²) < 4.78 is 0.848. The van der Waals surface area contributed by atoms with E-state index < -0.39 is 5.41 Å². The first-order chi connectivity index (χ1) is 8.57. The van der Waals surface area contributed by atoms with Gasteiger partial charge in [0.05, 0.1) is 16.8 Å². The Labute approximate surface area is 119 Å². The van der Waals surface area contributed by atoms with Crippen molar-refractivity contribution >= 4 is 39.1 Å². The SMILES string of the molecule is N#CC1(C(=O)Nc2ccc(Br)cc2Cl)CCCC1. The topological polar surface area (TPSA) is 52.9 Å². The summed E-state index contributed by atoms with van der Waals surface area (Å²) in [5, 5.41) is 12.4. The third-order valence-electron chi connectivity index (χ3n) is 3.29. The molecule has 1 saturated carbocycles. The summed E-state index contributed by atoms with van der Waals surface area (Å²) in [6.45, 7) is 0. The van der Waals surface area contributed by atoms with E-state index in [1.54, 1.807) is 18.2 Å². The first kappa shape index (κ1) is 13.4. The van der Waals surface area contributed by atoms with Gasteiger partial charge in [-0.15, -0.1) is 0 Å². The molecule has 1 fully saturated rings. The van der Waals surface area contributed by atoms with Crippen LogP contribution in [0.25, 0.3) is 0 Å². The van der Waals surface area contributed by atoms with Crippen LogP contribution >= 0.6 is 27.5 Å². The van der Waals surface area contributed by atoms with Gasteiger partial charge in [0.1, 0.15) is 5.41 Å². The zero-order chi connectivity index (χ0) is 13.2. The molecule has 2 rings (SSSR count). The summed E-state index contributed by atoms with van der Waals surface area (Å²) in [7, 11) is 0. The number of halogens is 2. The summed E-state index contributed by atoms with van der Waals surface area (Å²) in [6.07, 6.45) is 3.11. The van der Waals surface area contributed by atoms with Crippen molar-refractivity contribution in [1.82, 2.24) is 0 Å². The zero-order valence-corrected chi connectivity index (χ0v) is 12.0. The molecule has 0 aromatic heterocycles. The van der Waals surface area contributed by atoms with E-state index in [0.29, 0.717) is 23.6 Å². The summed E-state index contributed by atoms with van der Waals surface area (Å²) in [6, 6.07) is 7.40. The molecule has 1 N–H and O–H groups in total. The van der Waals surface area contributed by atoms with Crippen molar-refractivity contribution in [2.75, 3.05) is 5.32 Å². The largest absolute Gasteiger partial charge is 0.323 e. The normalized spacial score (nSPS) is 17.2. The van der Waals surface area contributed by atoms with Gasteiger partial charge in [0, 0.05) is 4.47 Å². The van der Waals surface area contributed by atoms with Crippen LogP contribution in [-0.4, -0.2) is 5.91 Å². The Hall–Kier alpha value is -1.05. The van der Waals surface area contributed by atoms with Crippen molar-refractivity contribution in [2.24, 2.45) is 5.41 Å². The van der Waals surface area contributed by atoms with E-state index in [-0.39, 0.29) is 5.91 Å². The number of hydrogen-bond donors (Lipinski definition) is 1. The van der Waals surface area contributed by atoms with Gasteiger partial charge in [-0.2, -0.15) is 5.26 Å². The van der Waals surface area contributed by atoms with Gasteiger partial charge in [-0.25, -0.2) is 0 Å². The highest BCUT2D eigenvalue weighted by Crippen LogP contribution is 2.39. The third-order valence-corrected chi connectivity index (χ3v) is 4.09. The first-order valence-electron chi connectivity index (χ1n) is 5.75. The minimum Gasteiger partial charge on any atom is -0.323 e. The first-order valence-corrected chi connectivity index (χ1v) is 6.92. The lowest BCUT2D eigenvalue weighted by molar-refractivity contribution is -0.122. The Bertz CT molecular complexity index is 518. The number of carbonyl (C=O) groups is 1. The van der Waals surface area contributed by atoms with E-state index in [9.17, 15) is 10.1 Å². The number of hydrogen-bond acceptors (Lipinski definition) is 2. The number of benzene rings is 1. The van der Waals surface area contributed by atoms with Crippen LogP contribution in [0.2, 0.25) is 5.02 Å². The molecule has 0 spiro atoms. The average Bonchev–Trinajstić information content (AvgIpc) is 2.82. The molecule has 5 heteroatoms. The Morgan fingerprint density at radius 2 is 2.11 bits per heavy atom. The highest BCUT2D eigenvalue weighted by Gasteiger charge is 2.41. The lowest BCUT2D eigenvalue weighted by Gasteiger charge is -2.19. The molecule has 3 nitrogen and oxygen atoms in total. The number of nitrogens with one attached hydrogen (secondary N) is 1. The van der Waals surface area contributed by atoms with Crippen LogP contribution in [0, 0.1) is 16.7 Å². The van der Waals surface area contributed by atoms with Crippen LogP contribution in [0.3, 0.4) is 0 Å². The lowest BCUT2D eigenvalue weighted by Crippen LogP contribution is -2.32. The molecule has 0 unspecified atom stereocenters. The lowest BCUT2D eigenvalue weighted by atomic mass is 9.87. The summed E-state index contributed by atoms with van der Waals surface area (Å²) >= 11 is 9.34. The van der Waals surface area contributed by atoms with Gasteiger partial charge < -0.3 is 5.32 Å². The molecule has 0 aliphatic heterocycles. The Morgan fingerprint density at radius 3 is 2.67 bits per heavy atom. The van der Waals surface area contributed by atoms with Crippen LogP contribution in [0.4, 0.5) is 5.69 Å². The number of carbonyl (C=O) groups excluding carboxylic acids is 1. The minimum atomic E-state index is -0.879. The molecule has 1 aromatic carbocycles. The fourth-order valence-electron chi connectivity index (χ4n) is 2.20. The predicted molar refractivity (Wildman–Crippen MR) is 74.3 cm³/mol. The molecular weight excluding hydrogens is 316 g/mol. The van der Waals surface area contributed by atoms with Crippen molar-refractivity contribution in [3.8, 4) is 6.07 Å². The van der Waals surface area contributed by atoms with Crippen LogP contribution < -0.4 is 5.32 Å². The number of nitriles is 1. The number of rotatable bonds is 2. The highest BCUT2D eigenvalue weighted by atomic mass is 79.9. The summed E-state index contributed by atoms with van der Waals surface area (Å²) in [5.41, 5.74) is -0.331. The number of nitrogens with zero attached hydrogens (tertiary/aromatic N) is 1. The van der Waals surface area contributed by atoms with Crippen molar-refractivity contribution in [2.45, 2.75) is 25.7 Å². The second-order valence-corrected chi connectivity index (χ2v) is 5.80. The molecule has 0 atom stereocenters. The van der Waals surface area contributed by atoms with Crippen LogP contribution in [0.1, 0.15) is 25.7 Å². The van der Waals surface area contributed by atoms with Gasteiger partial charge in [-0.05, 0) is 31.0 Å². The highest BCUT2D eigenvalue weighted by molar-refractivity contribution is 9.10. The van der Waals surface area contributed by atoms with Crippen LogP contribution in [-0.2, 0) is 4.79 Å². The maximum absolute atomic E-state index is 12.2. The Balaban J connectivity index is 2.19. The van der Waals surface area contributed by atoms with Gasteiger partial charge >= 0.3 is 0 Å². The van der Waals surface area contributed by atoms with Crippen molar-refractivity contribution in [3.63, 3.8) is 0 Å². The van der Waals surface area contributed by atoms with Crippen LogP contribution in [0.5, 0.6) is 0 Å². The van der Waals surface area contributed by atoms with Crippen molar-refractivity contribution in [3.05, 3.63) is 27.7 Å². The van der Waals surface area contributed by atoms with E-state index in [1.807, 2.05) is 0 Å². The maximum atomic E-state index is 12.2. The fraction of sp³-hybridized carbons (Fsp3) is 0.385. The molecule has 0 saturated heterocycles. The zero-order valence-electron chi connectivity index (χ0n) is 9.67. The standard InChI is InChI=1S/C13H12BrClN2O/c14-9-3-4-11(10(15)7-9)17-12(18)13(8-16)5-1-2-6-13/h3-4,7H,1-2,5-6H2,(H,17,18). The van der Waals surface area contributed by atoms with E-state index in [1.165, 1.54) is 0 Å². The molecule has 1 aliphatic carbocycles. The molecule has 1 aromatic rings. The molecule has 0 bridgehead atoms. The van der Waals surface area contributed by atoms with Gasteiger partial charge in [0.15, 0.2) is 0 Å². The Kier molecular flexibility index (Phi) is 3.94. The molecule has 18 heavy (non-hydrogen) atoms. The van der Waals surface area contributed by atoms with Crippen molar-refractivity contribution in [1.29, 1.82) is 5.26 Å². The van der Waals surface area contributed by atoms with Gasteiger partial charge in [-0.1, -0.05) is 40.4 Å². The fourth-order valence-corrected chi connectivity index (χ4v) is 2.92. The van der Waals surface area contributed by atoms with E-state index in [0.717, 1.165) is 17.3 Å². The minimum absolute atomic E-state index is 0.244. The van der Waals surface area contributed by atoms with Crippen molar-refractivity contribution < 1.29 is 4.79 Å². The third kappa shape index (κ3) is 2.52. The monoisotopic (exact) mass is 326 g/mol. The van der Waals surface area contributed by atoms with Gasteiger partial charge in [-0.3, -0.25) is 4.79 Å². The van der Waals surface area contributed by atoms with E-state index in [4.69, 9.17) is 11.6 Å². The summed E-state index contributed by atoms with van der Waals surface area (Å²) in [5.74, 6) is -0.244. The van der Waals surface area contributed by atoms with E-state index >= 15 is 0 Å². The molecule has 1 amide bonds. The molecule has 0 radical (unpaired) electrons. The number of amides is 1. The quantitative estimate of drug-likeness (QED) is 0.888. The van der Waals surface area contributed by atoms with E-state index in [2.05, 4.69) is 27.3 Å². The van der Waals surface area contributed by atoms with Gasteiger partial charge in [0.25, 0.3) is 0 Å². The Morgan fingerprint density at radius 1 is 1.44 bits per heavy atom. The second kappa shape index (κ2) is 5.29. The number of anilines is 1. The smallest absolute Gasteiger partial charge is 0.244 e. The average molecular weight is 328 g/mol. The van der Waals surface area contributed by atoms with Gasteiger partial charge in [0.2, 0.25) is 5.91 Å². The molecular formula is C13H12BrClN2O.